The zero-order valence-electron chi connectivity index (χ0n) is 34.7. The number of likely N-dealkylation sites (N-methyl/N-ethyl adjacent to an activating group) is 2. The lowest BCUT2D eigenvalue weighted by Gasteiger charge is -2.41. The monoisotopic (exact) mass is 806 g/mol. The van der Waals surface area contributed by atoms with Crippen molar-refractivity contribution in [2.24, 2.45) is 23.7 Å². The molecular weight excluding hydrogens is 740 g/mol. The fraction of sp³-hybridized carbons (Fsp3) is 0.683. The molecule has 55 heavy (non-hydrogen) atoms. The summed E-state index contributed by atoms with van der Waals surface area (Å²) in [6.07, 6.45) is 3.48. The number of rotatable bonds is 21. The van der Waals surface area contributed by atoms with Gasteiger partial charge in [-0.3, -0.25) is 19.2 Å². The van der Waals surface area contributed by atoms with E-state index >= 15 is 0 Å². The highest BCUT2D eigenvalue weighted by molar-refractivity contribution is 7.09. The molecule has 3 N–H and O–H groups in total. The van der Waals surface area contributed by atoms with Gasteiger partial charge in [0.15, 0.2) is 0 Å². The third kappa shape index (κ3) is 12.7. The second kappa shape index (κ2) is 23.2. The Morgan fingerprint density at radius 2 is 1.62 bits per heavy atom. The molecule has 0 aliphatic carbocycles. The molecule has 1 aliphatic heterocycles. The minimum Gasteiger partial charge on any atom is -0.379 e. The van der Waals surface area contributed by atoms with Gasteiger partial charge in [-0.1, -0.05) is 85.2 Å². The van der Waals surface area contributed by atoms with Gasteiger partial charge in [0, 0.05) is 39.4 Å². The zero-order valence-corrected chi connectivity index (χ0v) is 36.4. The van der Waals surface area contributed by atoms with E-state index in [1.807, 2.05) is 75.2 Å². The van der Waals surface area contributed by atoms with E-state index < -0.39 is 36.3 Å². The number of ether oxygens (including phenoxy) is 2. The molecule has 1 aliphatic rings. The third-order valence-electron chi connectivity index (χ3n) is 11.1. The van der Waals surface area contributed by atoms with Crippen molar-refractivity contribution < 1.29 is 28.7 Å². The van der Waals surface area contributed by atoms with Gasteiger partial charge in [-0.05, 0) is 49.6 Å². The van der Waals surface area contributed by atoms with E-state index in [0.717, 1.165) is 23.4 Å². The fourth-order valence-corrected chi connectivity index (χ4v) is 8.50. The summed E-state index contributed by atoms with van der Waals surface area (Å²) in [5.74, 6) is -1.41. The molecule has 14 heteroatoms. The topological polar surface area (TPSA) is 142 Å². The van der Waals surface area contributed by atoms with E-state index in [9.17, 15) is 19.2 Å². The second-order valence-electron chi connectivity index (χ2n) is 15.5. The van der Waals surface area contributed by atoms with Gasteiger partial charge in [-0.15, -0.1) is 23.7 Å². The Hall–Kier alpha value is -3.10. The van der Waals surface area contributed by atoms with Crippen LogP contribution >= 0.6 is 23.7 Å². The van der Waals surface area contributed by atoms with Crippen molar-refractivity contribution in [3.8, 4) is 0 Å². The van der Waals surface area contributed by atoms with Crippen LogP contribution in [0.1, 0.15) is 90.8 Å². The number of methoxy groups -OCH3 is 2. The van der Waals surface area contributed by atoms with Crippen LogP contribution in [0.4, 0.5) is 0 Å². The highest BCUT2D eigenvalue weighted by Crippen LogP contribution is 2.30. The van der Waals surface area contributed by atoms with Gasteiger partial charge in [0.25, 0.3) is 0 Å². The Morgan fingerprint density at radius 1 is 0.964 bits per heavy atom. The molecule has 0 spiro atoms. The third-order valence-corrected chi connectivity index (χ3v) is 12.0. The molecule has 2 heterocycles. The predicted octanol–water partition coefficient (Wildman–Crippen LogP) is 5.27. The van der Waals surface area contributed by atoms with E-state index in [1.54, 1.807) is 39.4 Å². The summed E-state index contributed by atoms with van der Waals surface area (Å²) < 4.78 is 12.1. The van der Waals surface area contributed by atoms with Crippen LogP contribution in [0.2, 0.25) is 0 Å². The summed E-state index contributed by atoms with van der Waals surface area (Å²) in [6.45, 7) is 14.3. The summed E-state index contributed by atoms with van der Waals surface area (Å²) in [4.78, 5) is 63.6. The summed E-state index contributed by atoms with van der Waals surface area (Å²) in [6, 6.07) is 7.77. The van der Waals surface area contributed by atoms with E-state index in [2.05, 4.69) is 34.8 Å². The molecule has 4 amide bonds. The van der Waals surface area contributed by atoms with Crippen LogP contribution in [0.15, 0.2) is 41.9 Å². The quantitative estimate of drug-likeness (QED) is 0.155. The summed E-state index contributed by atoms with van der Waals surface area (Å²) in [5.41, 5.74) is 1.09. The molecule has 0 radical (unpaired) electrons. The van der Waals surface area contributed by atoms with Gasteiger partial charge in [0.05, 0.1) is 48.7 Å². The standard InChI is InChI=1S/C41H66N6O6S.ClH/c1-12-27(6)36(46(9)41(51)35(26(4)5)45-39(50)34(42-8)25(2)3)32(52-10)24-33(48)47-21-16-19-31(47)37(53-11)28(7)38(49)44-30(40-43-20-22-54-40)23-29-17-14-13-15-18-29;/h13-15,17-18,20,22,25-28,30-32,34-37,42H,12,16,19,21,23-24H2,1-11H3,(H,44,49)(H,45,50);1H. The Kier molecular flexibility index (Phi) is 20.3. The number of likely N-dealkylation sites (tertiary alicyclic amines) is 1. The molecule has 0 saturated carbocycles. The number of hydrogen-bond acceptors (Lipinski definition) is 9. The number of nitrogens with one attached hydrogen (secondary N) is 3. The number of halogens is 1. The first kappa shape index (κ1) is 48.0. The van der Waals surface area contributed by atoms with Gasteiger partial charge in [-0.2, -0.15) is 0 Å². The first-order valence-corrected chi connectivity index (χ1v) is 20.4. The smallest absolute Gasteiger partial charge is 0.245 e. The van der Waals surface area contributed by atoms with Crippen LogP contribution in [0.25, 0.3) is 0 Å². The molecule has 1 aromatic carbocycles. The molecule has 310 valence electrons. The molecule has 0 bridgehead atoms. The van der Waals surface area contributed by atoms with Gasteiger partial charge < -0.3 is 35.2 Å². The zero-order chi connectivity index (χ0) is 40.1. The maximum absolute atomic E-state index is 14.3. The molecule has 1 saturated heterocycles. The number of hydrogen-bond donors (Lipinski definition) is 3. The maximum Gasteiger partial charge on any atom is 0.245 e. The van der Waals surface area contributed by atoms with Crippen LogP contribution in [0, 0.1) is 23.7 Å². The normalized spacial score (nSPS) is 18.7. The van der Waals surface area contributed by atoms with Crippen LogP contribution in [0.5, 0.6) is 0 Å². The number of nitrogens with zero attached hydrogens (tertiary/aromatic N) is 3. The largest absolute Gasteiger partial charge is 0.379 e. The van der Waals surface area contributed by atoms with Gasteiger partial charge >= 0.3 is 0 Å². The van der Waals surface area contributed by atoms with Crippen LogP contribution < -0.4 is 16.0 Å². The molecule has 2 aromatic rings. The second-order valence-corrected chi connectivity index (χ2v) is 16.4. The molecule has 9 atom stereocenters. The van der Waals surface area contributed by atoms with E-state index in [1.165, 1.54) is 11.3 Å². The molecule has 12 nitrogen and oxygen atoms in total. The van der Waals surface area contributed by atoms with Crippen LogP contribution in [-0.2, 0) is 35.1 Å². The Morgan fingerprint density at radius 3 is 2.15 bits per heavy atom. The Labute approximate surface area is 339 Å². The van der Waals surface area contributed by atoms with Gasteiger partial charge in [-0.25, -0.2) is 4.98 Å². The van der Waals surface area contributed by atoms with Crippen molar-refractivity contribution in [2.75, 3.05) is 34.9 Å². The lowest BCUT2D eigenvalue weighted by Crippen LogP contribution is -2.59. The van der Waals surface area contributed by atoms with Crippen molar-refractivity contribution in [1.29, 1.82) is 0 Å². The molecule has 3 rings (SSSR count). The number of benzene rings is 1. The summed E-state index contributed by atoms with van der Waals surface area (Å²) in [5, 5.41) is 12.0. The molecule has 9 unspecified atom stereocenters. The van der Waals surface area contributed by atoms with E-state index in [-0.39, 0.29) is 72.3 Å². The van der Waals surface area contributed by atoms with Gasteiger partial charge in [0.2, 0.25) is 23.6 Å². The van der Waals surface area contributed by atoms with E-state index in [0.29, 0.717) is 19.4 Å². The first-order chi connectivity index (χ1) is 25.7. The Balaban J connectivity index is 0.0000105. The highest BCUT2D eigenvalue weighted by Gasteiger charge is 2.43. The molecule has 1 fully saturated rings. The summed E-state index contributed by atoms with van der Waals surface area (Å²) in [7, 11) is 6.65. The van der Waals surface area contributed by atoms with Crippen molar-refractivity contribution in [1.82, 2.24) is 30.7 Å². The fourth-order valence-electron chi connectivity index (χ4n) is 7.81. The van der Waals surface area contributed by atoms with Crippen molar-refractivity contribution in [3.63, 3.8) is 0 Å². The lowest BCUT2D eigenvalue weighted by atomic mass is 9.89. The number of carbonyl (C=O) groups excluding carboxylic acids is 4. The predicted molar refractivity (Wildman–Crippen MR) is 221 cm³/mol. The average molecular weight is 808 g/mol. The molecular formula is C41H67ClN6O6S. The van der Waals surface area contributed by atoms with Crippen molar-refractivity contribution in [3.05, 3.63) is 52.5 Å². The minimum absolute atomic E-state index is 0. The summed E-state index contributed by atoms with van der Waals surface area (Å²) >= 11 is 1.51. The van der Waals surface area contributed by atoms with Crippen molar-refractivity contribution in [2.45, 2.75) is 123 Å². The minimum atomic E-state index is -0.752. The molecule has 1 aromatic heterocycles. The number of thiazole rings is 1. The first-order valence-electron chi connectivity index (χ1n) is 19.5. The van der Waals surface area contributed by atoms with Crippen molar-refractivity contribution >= 4 is 47.4 Å². The van der Waals surface area contributed by atoms with Gasteiger partial charge in [0.1, 0.15) is 11.0 Å². The highest BCUT2D eigenvalue weighted by atomic mass is 35.5. The number of aromatic nitrogens is 1. The maximum atomic E-state index is 14.3. The SMILES string of the molecule is CCC(C)C(C(CC(=O)N1CCCC1C(OC)C(C)C(=O)NC(Cc1ccccc1)c1nccs1)OC)N(C)C(=O)C(NC(=O)C(NC)C(C)C)C(C)C.Cl. The number of carbonyl (C=O) groups is 4. The van der Waals surface area contributed by atoms with Crippen LogP contribution in [-0.4, -0.2) is 110 Å². The van der Waals surface area contributed by atoms with E-state index in [4.69, 9.17) is 9.47 Å². The number of amides is 4. The Bertz CT molecular complexity index is 1470. The van der Waals surface area contributed by atoms with Crippen LogP contribution in [0.3, 0.4) is 0 Å². The lowest BCUT2D eigenvalue weighted by molar-refractivity contribution is -0.147. The average Bonchev–Trinajstić information content (AvgIpc) is 3.87.